The monoisotopic (exact) mass is 282 g/mol. The van der Waals surface area contributed by atoms with Crippen molar-refractivity contribution >= 4 is 15.7 Å². The SMILES string of the molecule is Cc1noc(C)c1S(=O)(=O)N(C)c1ccc(O)cc1. The summed E-state index contributed by atoms with van der Waals surface area (Å²) in [5, 5.41) is 12.9. The highest BCUT2D eigenvalue weighted by Gasteiger charge is 2.28. The topological polar surface area (TPSA) is 83.6 Å². The van der Waals surface area contributed by atoms with Crippen molar-refractivity contribution in [1.29, 1.82) is 0 Å². The lowest BCUT2D eigenvalue weighted by molar-refractivity contribution is 0.390. The molecule has 0 unspecified atom stereocenters. The fraction of sp³-hybridized carbons (Fsp3) is 0.250. The van der Waals surface area contributed by atoms with Crippen molar-refractivity contribution in [1.82, 2.24) is 5.16 Å². The third-order valence-corrected chi connectivity index (χ3v) is 4.83. The molecule has 1 N–H and O–H groups in total. The predicted octanol–water partition coefficient (Wildman–Crippen LogP) is 1.82. The first-order valence-electron chi connectivity index (χ1n) is 5.55. The second kappa shape index (κ2) is 4.58. The Morgan fingerprint density at radius 3 is 2.26 bits per heavy atom. The van der Waals surface area contributed by atoms with Gasteiger partial charge in [-0.2, -0.15) is 0 Å². The van der Waals surface area contributed by atoms with Gasteiger partial charge in [0.25, 0.3) is 10.0 Å². The molecule has 0 saturated carbocycles. The van der Waals surface area contributed by atoms with Crippen molar-refractivity contribution in [3.05, 3.63) is 35.7 Å². The van der Waals surface area contributed by atoms with Crippen molar-refractivity contribution in [2.75, 3.05) is 11.4 Å². The van der Waals surface area contributed by atoms with Crippen LogP contribution >= 0.6 is 0 Å². The lowest BCUT2D eigenvalue weighted by Gasteiger charge is -2.19. The third-order valence-electron chi connectivity index (χ3n) is 2.80. The second-order valence-corrected chi connectivity index (χ2v) is 6.05. The number of phenols is 1. The van der Waals surface area contributed by atoms with Gasteiger partial charge in [-0.3, -0.25) is 4.31 Å². The number of aromatic hydroxyl groups is 1. The van der Waals surface area contributed by atoms with Crippen LogP contribution in [0.4, 0.5) is 5.69 Å². The minimum Gasteiger partial charge on any atom is -0.508 e. The lowest BCUT2D eigenvalue weighted by Crippen LogP contribution is -2.27. The summed E-state index contributed by atoms with van der Waals surface area (Å²) in [7, 11) is -2.29. The largest absolute Gasteiger partial charge is 0.508 e. The first-order chi connectivity index (χ1) is 8.84. The molecule has 102 valence electrons. The van der Waals surface area contributed by atoms with Crippen molar-refractivity contribution in [3.63, 3.8) is 0 Å². The highest BCUT2D eigenvalue weighted by Crippen LogP contribution is 2.27. The van der Waals surface area contributed by atoms with Crippen LogP contribution in [0.5, 0.6) is 5.75 Å². The number of sulfonamides is 1. The zero-order chi connectivity index (χ0) is 14.2. The zero-order valence-corrected chi connectivity index (χ0v) is 11.6. The first kappa shape index (κ1) is 13.4. The molecular weight excluding hydrogens is 268 g/mol. The van der Waals surface area contributed by atoms with E-state index in [-0.39, 0.29) is 16.4 Å². The Bertz CT molecular complexity index is 670. The Morgan fingerprint density at radius 2 is 1.79 bits per heavy atom. The van der Waals surface area contributed by atoms with E-state index in [1.807, 2.05) is 0 Å². The van der Waals surface area contributed by atoms with Gasteiger partial charge in [-0.25, -0.2) is 8.42 Å². The summed E-state index contributed by atoms with van der Waals surface area (Å²) in [6.07, 6.45) is 0. The minimum absolute atomic E-state index is 0.0723. The van der Waals surface area contributed by atoms with Gasteiger partial charge in [-0.15, -0.1) is 0 Å². The number of phenolic OH excluding ortho intramolecular Hbond substituents is 1. The molecule has 1 aromatic carbocycles. The van der Waals surface area contributed by atoms with Crippen LogP contribution in [0.1, 0.15) is 11.5 Å². The number of anilines is 1. The molecule has 0 aliphatic heterocycles. The van der Waals surface area contributed by atoms with Crippen molar-refractivity contribution < 1.29 is 18.0 Å². The Kier molecular flexibility index (Phi) is 3.23. The number of aromatic nitrogens is 1. The molecule has 0 atom stereocenters. The maximum Gasteiger partial charge on any atom is 0.269 e. The molecule has 2 aromatic rings. The standard InChI is InChI=1S/C12H14N2O4S/c1-8-12(9(2)18-13-8)19(16,17)14(3)10-4-6-11(15)7-5-10/h4-7,15H,1-3H3. The van der Waals surface area contributed by atoms with Gasteiger partial charge >= 0.3 is 0 Å². The summed E-state index contributed by atoms with van der Waals surface area (Å²) in [5.41, 5.74) is 0.765. The molecule has 0 radical (unpaired) electrons. The van der Waals surface area contributed by atoms with Crippen molar-refractivity contribution in [2.24, 2.45) is 0 Å². The van der Waals surface area contributed by atoms with Crippen molar-refractivity contribution in [3.8, 4) is 5.75 Å². The van der Waals surface area contributed by atoms with Crippen LogP contribution in [0.25, 0.3) is 0 Å². The molecule has 19 heavy (non-hydrogen) atoms. The summed E-state index contributed by atoms with van der Waals surface area (Å²) >= 11 is 0. The predicted molar refractivity (Wildman–Crippen MR) is 69.7 cm³/mol. The van der Waals surface area contributed by atoms with Gasteiger partial charge in [0.2, 0.25) is 0 Å². The molecule has 0 fully saturated rings. The van der Waals surface area contributed by atoms with Crippen LogP contribution in [0.2, 0.25) is 0 Å². The molecule has 0 amide bonds. The Labute approximate surface area is 111 Å². The van der Waals surface area contributed by atoms with E-state index < -0.39 is 10.0 Å². The summed E-state index contributed by atoms with van der Waals surface area (Å²) in [6.45, 7) is 3.13. The van der Waals surface area contributed by atoms with E-state index in [9.17, 15) is 13.5 Å². The zero-order valence-electron chi connectivity index (χ0n) is 10.8. The van der Waals surface area contributed by atoms with E-state index in [1.54, 1.807) is 13.8 Å². The second-order valence-electron chi connectivity index (χ2n) is 4.14. The Balaban J connectivity index is 2.48. The highest BCUT2D eigenvalue weighted by molar-refractivity contribution is 7.92. The number of aryl methyl sites for hydroxylation is 2. The van der Waals surface area contributed by atoms with E-state index in [0.717, 1.165) is 4.31 Å². The maximum atomic E-state index is 12.5. The number of nitrogens with zero attached hydrogens (tertiary/aromatic N) is 2. The summed E-state index contributed by atoms with van der Waals surface area (Å²) in [5.74, 6) is 0.329. The smallest absolute Gasteiger partial charge is 0.269 e. The molecule has 7 heteroatoms. The van der Waals surface area contributed by atoms with Gasteiger partial charge in [0.1, 0.15) is 11.4 Å². The fourth-order valence-corrected chi connectivity index (χ4v) is 3.27. The van der Waals surface area contributed by atoms with E-state index in [4.69, 9.17) is 4.52 Å². The van der Waals surface area contributed by atoms with Crippen LogP contribution < -0.4 is 4.31 Å². The highest BCUT2D eigenvalue weighted by atomic mass is 32.2. The van der Waals surface area contributed by atoms with Crippen LogP contribution in [-0.4, -0.2) is 25.7 Å². The molecule has 0 spiro atoms. The minimum atomic E-state index is -3.73. The maximum absolute atomic E-state index is 12.5. The summed E-state index contributed by atoms with van der Waals surface area (Å²) < 4.78 is 31.0. The van der Waals surface area contributed by atoms with E-state index in [2.05, 4.69) is 5.16 Å². The molecule has 0 bridgehead atoms. The van der Waals surface area contributed by atoms with E-state index >= 15 is 0 Å². The summed E-state index contributed by atoms with van der Waals surface area (Å²) in [6, 6.07) is 5.89. The molecule has 0 saturated heterocycles. The Hall–Kier alpha value is -2.02. The number of rotatable bonds is 3. The molecule has 6 nitrogen and oxygen atoms in total. The molecule has 0 aliphatic rings. The average Bonchev–Trinajstić information content (AvgIpc) is 2.69. The van der Waals surface area contributed by atoms with Crippen LogP contribution in [0.15, 0.2) is 33.7 Å². The lowest BCUT2D eigenvalue weighted by atomic mass is 10.3. The summed E-state index contributed by atoms with van der Waals surface area (Å²) in [4.78, 5) is 0.0723. The molecular formula is C12H14N2O4S. The quantitative estimate of drug-likeness (QED) is 0.928. The average molecular weight is 282 g/mol. The molecule has 1 aromatic heterocycles. The Morgan fingerprint density at radius 1 is 1.21 bits per heavy atom. The molecule has 1 heterocycles. The molecule has 2 rings (SSSR count). The van der Waals surface area contributed by atoms with Gasteiger partial charge in [0, 0.05) is 7.05 Å². The van der Waals surface area contributed by atoms with E-state index in [0.29, 0.717) is 11.4 Å². The van der Waals surface area contributed by atoms with Crippen molar-refractivity contribution in [2.45, 2.75) is 18.7 Å². The van der Waals surface area contributed by atoms with Gasteiger partial charge in [-0.05, 0) is 38.1 Å². The third kappa shape index (κ3) is 2.28. The molecule has 0 aliphatic carbocycles. The van der Waals surface area contributed by atoms with E-state index in [1.165, 1.54) is 31.3 Å². The van der Waals surface area contributed by atoms with Gasteiger partial charge in [-0.1, -0.05) is 5.16 Å². The first-order valence-corrected chi connectivity index (χ1v) is 6.99. The van der Waals surface area contributed by atoms with Gasteiger partial charge in [0.15, 0.2) is 10.7 Å². The number of hydrogen-bond acceptors (Lipinski definition) is 5. The van der Waals surface area contributed by atoms with Gasteiger partial charge in [0.05, 0.1) is 5.69 Å². The number of benzene rings is 1. The van der Waals surface area contributed by atoms with Crippen LogP contribution in [0.3, 0.4) is 0 Å². The number of hydrogen-bond donors (Lipinski definition) is 1. The van der Waals surface area contributed by atoms with Crippen LogP contribution in [-0.2, 0) is 10.0 Å². The van der Waals surface area contributed by atoms with Gasteiger partial charge < -0.3 is 9.63 Å². The van der Waals surface area contributed by atoms with Crippen LogP contribution in [0, 0.1) is 13.8 Å². The fourth-order valence-electron chi connectivity index (χ4n) is 1.78. The normalized spacial score (nSPS) is 11.5.